The molecule has 0 saturated heterocycles. The summed E-state index contributed by atoms with van der Waals surface area (Å²) in [5.41, 5.74) is 1.83. The lowest BCUT2D eigenvalue weighted by Crippen LogP contribution is -2.30. The van der Waals surface area contributed by atoms with Gasteiger partial charge in [-0.1, -0.05) is 12.1 Å². The highest BCUT2D eigenvalue weighted by atomic mass is 16.2. The van der Waals surface area contributed by atoms with Gasteiger partial charge in [-0.25, -0.2) is 4.68 Å². The average Bonchev–Trinajstić information content (AvgIpc) is 3.10. The molecule has 116 valence electrons. The second kappa shape index (κ2) is 6.74. The lowest BCUT2D eigenvalue weighted by atomic mass is 10.1. The van der Waals surface area contributed by atoms with Crippen LogP contribution in [-0.4, -0.2) is 27.2 Å². The average molecular weight is 308 g/mol. The maximum atomic E-state index is 11.9. The third-order valence-electron chi connectivity index (χ3n) is 3.47. The molecule has 0 saturated carbocycles. The molecule has 0 unspecified atom stereocenters. The number of carbonyl (C=O) groups is 1. The second-order valence-corrected chi connectivity index (χ2v) is 5.04. The second-order valence-electron chi connectivity index (χ2n) is 5.04. The maximum Gasteiger partial charge on any atom is 0.260 e. The third-order valence-corrected chi connectivity index (χ3v) is 3.47. The van der Waals surface area contributed by atoms with E-state index in [2.05, 4.69) is 15.4 Å². The van der Waals surface area contributed by atoms with E-state index in [9.17, 15) is 9.59 Å². The predicted molar refractivity (Wildman–Crippen MR) is 86.7 cm³/mol. The van der Waals surface area contributed by atoms with Crippen molar-refractivity contribution in [3.63, 3.8) is 0 Å². The fourth-order valence-corrected chi connectivity index (χ4v) is 2.25. The Morgan fingerprint density at radius 2 is 2.00 bits per heavy atom. The van der Waals surface area contributed by atoms with Crippen molar-refractivity contribution in [2.24, 2.45) is 0 Å². The molecule has 3 rings (SSSR count). The molecule has 0 bridgehead atoms. The van der Waals surface area contributed by atoms with Crippen molar-refractivity contribution in [3.8, 4) is 5.69 Å². The topological polar surface area (TPSA) is 79.8 Å². The summed E-state index contributed by atoms with van der Waals surface area (Å²) >= 11 is 0. The number of hydrogen-bond acceptors (Lipinski definition) is 3. The van der Waals surface area contributed by atoms with Crippen LogP contribution < -0.4 is 10.9 Å². The van der Waals surface area contributed by atoms with Gasteiger partial charge in [0.1, 0.15) is 5.56 Å². The molecule has 6 nitrogen and oxygen atoms in total. The molecule has 1 aromatic carbocycles. The molecular weight excluding hydrogens is 292 g/mol. The normalized spacial score (nSPS) is 10.4. The van der Waals surface area contributed by atoms with Gasteiger partial charge in [0.15, 0.2) is 0 Å². The summed E-state index contributed by atoms with van der Waals surface area (Å²) in [7, 11) is 0. The summed E-state index contributed by atoms with van der Waals surface area (Å²) in [5, 5.41) is 6.92. The first-order chi connectivity index (χ1) is 11.2. The predicted octanol–water partition coefficient (Wildman–Crippen LogP) is 1.53. The van der Waals surface area contributed by atoms with Crippen LogP contribution >= 0.6 is 0 Å². The molecule has 0 aliphatic heterocycles. The van der Waals surface area contributed by atoms with Crippen molar-refractivity contribution in [2.75, 3.05) is 6.54 Å². The Labute approximate surface area is 132 Å². The molecule has 2 aromatic heterocycles. The van der Waals surface area contributed by atoms with Crippen LogP contribution in [-0.2, 0) is 6.42 Å². The van der Waals surface area contributed by atoms with Crippen molar-refractivity contribution >= 4 is 5.91 Å². The summed E-state index contributed by atoms with van der Waals surface area (Å²) in [6.07, 6.45) is 5.80. The number of nitrogens with zero attached hydrogens (tertiary/aromatic N) is 2. The van der Waals surface area contributed by atoms with E-state index < -0.39 is 0 Å². The van der Waals surface area contributed by atoms with E-state index in [1.165, 1.54) is 12.3 Å². The fraction of sp³-hybridized carbons (Fsp3) is 0.118. The summed E-state index contributed by atoms with van der Waals surface area (Å²) in [6.45, 7) is 0.467. The van der Waals surface area contributed by atoms with E-state index in [0.29, 0.717) is 13.0 Å². The van der Waals surface area contributed by atoms with Gasteiger partial charge in [-0.2, -0.15) is 5.10 Å². The Hall–Kier alpha value is -3.15. The first kappa shape index (κ1) is 14.8. The number of H-pyrrole nitrogens is 1. The Balaban J connectivity index is 1.56. The van der Waals surface area contributed by atoms with Gasteiger partial charge in [-0.15, -0.1) is 0 Å². The van der Waals surface area contributed by atoms with Crippen molar-refractivity contribution < 1.29 is 4.79 Å². The maximum absolute atomic E-state index is 11.9. The zero-order valence-electron chi connectivity index (χ0n) is 12.4. The highest BCUT2D eigenvalue weighted by Crippen LogP contribution is 2.08. The van der Waals surface area contributed by atoms with Gasteiger partial charge in [-0.05, 0) is 42.3 Å². The van der Waals surface area contributed by atoms with Crippen LogP contribution in [0.4, 0.5) is 0 Å². The molecule has 6 heteroatoms. The van der Waals surface area contributed by atoms with Crippen LogP contribution in [0.2, 0.25) is 0 Å². The van der Waals surface area contributed by atoms with Gasteiger partial charge in [0.25, 0.3) is 11.5 Å². The summed E-state index contributed by atoms with van der Waals surface area (Å²) in [5.74, 6) is -0.361. The fourth-order valence-electron chi connectivity index (χ4n) is 2.25. The number of carbonyl (C=O) groups excluding carboxylic acids is 1. The molecule has 2 heterocycles. The lowest BCUT2D eigenvalue weighted by molar-refractivity contribution is 0.0952. The molecule has 1 amide bonds. The van der Waals surface area contributed by atoms with Crippen LogP contribution in [0.5, 0.6) is 0 Å². The molecule has 2 N–H and O–H groups in total. The molecule has 0 atom stereocenters. The zero-order chi connectivity index (χ0) is 16.1. The number of aromatic nitrogens is 3. The summed E-state index contributed by atoms with van der Waals surface area (Å²) in [4.78, 5) is 25.9. The molecule has 0 aliphatic rings. The van der Waals surface area contributed by atoms with Crippen molar-refractivity contribution in [1.29, 1.82) is 0 Å². The van der Waals surface area contributed by atoms with Crippen LogP contribution in [0.3, 0.4) is 0 Å². The van der Waals surface area contributed by atoms with Crippen molar-refractivity contribution in [1.82, 2.24) is 20.1 Å². The van der Waals surface area contributed by atoms with Gasteiger partial charge in [0, 0.05) is 25.1 Å². The minimum Gasteiger partial charge on any atom is -0.352 e. The first-order valence-electron chi connectivity index (χ1n) is 7.29. The SMILES string of the molecule is O=C(NCCc1ccc(-n2cccn2)cc1)c1ccc[nH]c1=O. The van der Waals surface area contributed by atoms with E-state index in [4.69, 9.17) is 0 Å². The lowest BCUT2D eigenvalue weighted by Gasteiger charge is -2.06. The standard InChI is InChI=1S/C17H16N4O2/c22-16-15(3-1-9-18-16)17(23)19-11-8-13-4-6-14(7-5-13)21-12-2-10-20-21/h1-7,9-10,12H,8,11H2,(H,18,22)(H,19,23). The zero-order valence-corrected chi connectivity index (χ0v) is 12.4. The summed E-state index contributed by atoms with van der Waals surface area (Å²) in [6, 6.07) is 13.0. The summed E-state index contributed by atoms with van der Waals surface area (Å²) < 4.78 is 1.78. The number of nitrogens with one attached hydrogen (secondary N) is 2. The van der Waals surface area contributed by atoms with E-state index in [1.54, 1.807) is 16.9 Å². The number of rotatable bonds is 5. The van der Waals surface area contributed by atoms with Gasteiger partial charge in [0.2, 0.25) is 0 Å². The minimum absolute atomic E-state index is 0.126. The molecule has 0 fully saturated rings. The molecule has 0 radical (unpaired) electrons. The first-order valence-corrected chi connectivity index (χ1v) is 7.29. The number of amides is 1. The number of aromatic amines is 1. The Morgan fingerprint density at radius 3 is 2.70 bits per heavy atom. The number of pyridine rings is 1. The number of hydrogen-bond donors (Lipinski definition) is 2. The highest BCUT2D eigenvalue weighted by molar-refractivity contribution is 5.93. The van der Waals surface area contributed by atoms with Gasteiger partial charge >= 0.3 is 0 Å². The van der Waals surface area contributed by atoms with Crippen molar-refractivity contribution in [3.05, 3.63) is 82.5 Å². The van der Waals surface area contributed by atoms with Crippen LogP contribution in [0, 0.1) is 0 Å². The van der Waals surface area contributed by atoms with E-state index in [0.717, 1.165) is 11.3 Å². The molecule has 0 aliphatic carbocycles. The molecular formula is C17H16N4O2. The molecule has 3 aromatic rings. The van der Waals surface area contributed by atoms with E-state index >= 15 is 0 Å². The Bertz CT molecular complexity index is 836. The smallest absolute Gasteiger partial charge is 0.260 e. The monoisotopic (exact) mass is 308 g/mol. The molecule has 23 heavy (non-hydrogen) atoms. The van der Waals surface area contributed by atoms with Gasteiger partial charge < -0.3 is 10.3 Å². The highest BCUT2D eigenvalue weighted by Gasteiger charge is 2.08. The Kier molecular flexibility index (Phi) is 4.33. The van der Waals surface area contributed by atoms with Gasteiger partial charge in [-0.3, -0.25) is 9.59 Å². The van der Waals surface area contributed by atoms with Crippen LogP contribution in [0.25, 0.3) is 5.69 Å². The van der Waals surface area contributed by atoms with E-state index in [-0.39, 0.29) is 17.0 Å². The van der Waals surface area contributed by atoms with Crippen molar-refractivity contribution in [2.45, 2.75) is 6.42 Å². The van der Waals surface area contributed by atoms with Crippen LogP contribution in [0.15, 0.2) is 65.8 Å². The van der Waals surface area contributed by atoms with Gasteiger partial charge in [0.05, 0.1) is 5.69 Å². The minimum atomic E-state index is -0.381. The largest absolute Gasteiger partial charge is 0.352 e. The third kappa shape index (κ3) is 3.55. The Morgan fingerprint density at radius 1 is 1.17 bits per heavy atom. The van der Waals surface area contributed by atoms with Crippen LogP contribution in [0.1, 0.15) is 15.9 Å². The molecule has 0 spiro atoms. The quantitative estimate of drug-likeness (QED) is 0.750. The number of benzene rings is 1. The van der Waals surface area contributed by atoms with E-state index in [1.807, 2.05) is 36.5 Å².